The molecule has 8 nitrogen and oxygen atoms in total. The van der Waals surface area contributed by atoms with Crippen molar-refractivity contribution >= 4 is 33.3 Å². The van der Waals surface area contributed by atoms with Crippen molar-refractivity contribution in [1.29, 1.82) is 0 Å². The van der Waals surface area contributed by atoms with Crippen LogP contribution >= 0.6 is 12.2 Å². The molecule has 0 saturated carbocycles. The molecule has 1 amide bonds. The number of nitrogens with zero attached hydrogens (tertiary/aromatic N) is 1. The van der Waals surface area contributed by atoms with Crippen LogP contribution in [-0.2, 0) is 14.8 Å². The molecule has 1 saturated heterocycles. The second-order valence-electron chi connectivity index (χ2n) is 4.98. The largest absolute Gasteiger partial charge is 0.379 e. The summed E-state index contributed by atoms with van der Waals surface area (Å²) in [6.45, 7) is 3.94. The smallest absolute Gasteiger partial charge is 0.269 e. The number of carbonyl (C=O) groups is 1. The zero-order chi connectivity index (χ0) is 17.6. The van der Waals surface area contributed by atoms with Crippen molar-refractivity contribution in [3.8, 4) is 0 Å². The first-order chi connectivity index (χ1) is 11.4. The Morgan fingerprint density at radius 3 is 2.42 bits per heavy atom. The number of benzene rings is 1. The Morgan fingerprint density at radius 2 is 1.83 bits per heavy atom. The third kappa shape index (κ3) is 4.63. The molecule has 1 fully saturated rings. The van der Waals surface area contributed by atoms with Gasteiger partial charge in [0.1, 0.15) is 0 Å². The molecule has 0 spiro atoms. The minimum absolute atomic E-state index is 0.150. The molecule has 0 unspecified atom stereocenters. The second-order valence-corrected chi connectivity index (χ2v) is 7.33. The Balaban J connectivity index is 2.01. The van der Waals surface area contributed by atoms with Gasteiger partial charge in [0.15, 0.2) is 5.11 Å². The summed E-state index contributed by atoms with van der Waals surface area (Å²) in [6.07, 6.45) is 0. The van der Waals surface area contributed by atoms with E-state index in [1.807, 2.05) is 6.92 Å². The van der Waals surface area contributed by atoms with E-state index in [2.05, 4.69) is 16.2 Å². The zero-order valence-corrected chi connectivity index (χ0v) is 14.9. The van der Waals surface area contributed by atoms with Crippen LogP contribution < -0.4 is 16.2 Å². The highest BCUT2D eigenvalue weighted by molar-refractivity contribution is 7.89. The normalized spacial score (nSPS) is 15.5. The first-order valence-corrected chi connectivity index (χ1v) is 9.32. The van der Waals surface area contributed by atoms with Gasteiger partial charge in [-0.05, 0) is 43.4 Å². The number of hydrogen-bond donors (Lipinski definition) is 3. The molecule has 0 aromatic heterocycles. The van der Waals surface area contributed by atoms with Gasteiger partial charge in [0.25, 0.3) is 5.91 Å². The Bertz CT molecular complexity index is 685. The summed E-state index contributed by atoms with van der Waals surface area (Å²) < 4.78 is 31.5. The number of hydrogen-bond acceptors (Lipinski definition) is 5. The molecule has 1 heterocycles. The van der Waals surface area contributed by atoms with E-state index in [0.717, 1.165) is 0 Å². The van der Waals surface area contributed by atoms with Crippen LogP contribution in [0.15, 0.2) is 29.2 Å². The Labute approximate surface area is 146 Å². The van der Waals surface area contributed by atoms with Crippen molar-refractivity contribution in [2.75, 3.05) is 32.8 Å². The number of ether oxygens (including phenoxy) is 1. The molecule has 0 radical (unpaired) electrons. The van der Waals surface area contributed by atoms with Crippen LogP contribution in [0.25, 0.3) is 0 Å². The van der Waals surface area contributed by atoms with Crippen molar-refractivity contribution in [2.45, 2.75) is 11.8 Å². The van der Waals surface area contributed by atoms with E-state index < -0.39 is 15.9 Å². The number of rotatable bonds is 4. The van der Waals surface area contributed by atoms with E-state index in [1.54, 1.807) is 0 Å². The molecule has 0 aliphatic carbocycles. The molecule has 132 valence electrons. The van der Waals surface area contributed by atoms with Gasteiger partial charge in [-0.3, -0.25) is 15.6 Å². The van der Waals surface area contributed by atoms with E-state index in [4.69, 9.17) is 17.0 Å². The molecule has 3 N–H and O–H groups in total. The minimum Gasteiger partial charge on any atom is -0.379 e. The van der Waals surface area contributed by atoms with Crippen molar-refractivity contribution < 1.29 is 17.9 Å². The average molecular weight is 372 g/mol. The van der Waals surface area contributed by atoms with Crippen LogP contribution in [0.1, 0.15) is 17.3 Å². The minimum atomic E-state index is -3.56. The lowest BCUT2D eigenvalue weighted by atomic mass is 10.2. The van der Waals surface area contributed by atoms with Crippen LogP contribution in [-0.4, -0.2) is 56.6 Å². The molecule has 1 aliphatic rings. The standard InChI is InChI=1S/C14H20N4O4S2/c1-2-15-14(23)17-16-13(19)11-3-5-12(6-4-11)24(20,21)18-7-9-22-10-8-18/h3-6H,2,7-10H2,1H3,(H,16,19)(H2,15,17,23). The highest BCUT2D eigenvalue weighted by Gasteiger charge is 2.26. The molecule has 1 aromatic carbocycles. The number of thiocarbonyl (C=S) groups is 1. The molecule has 10 heteroatoms. The van der Waals surface area contributed by atoms with Gasteiger partial charge < -0.3 is 10.1 Å². The van der Waals surface area contributed by atoms with Crippen LogP contribution in [0.3, 0.4) is 0 Å². The SMILES string of the molecule is CCNC(=S)NNC(=O)c1ccc(S(=O)(=O)N2CCOCC2)cc1. The summed E-state index contributed by atoms with van der Waals surface area (Å²) in [5, 5.41) is 3.13. The fourth-order valence-corrected chi connectivity index (χ4v) is 3.71. The summed E-state index contributed by atoms with van der Waals surface area (Å²) in [5.41, 5.74) is 5.32. The molecular weight excluding hydrogens is 352 g/mol. The number of nitrogens with one attached hydrogen (secondary N) is 3. The van der Waals surface area contributed by atoms with E-state index >= 15 is 0 Å². The molecule has 1 aromatic rings. The number of sulfonamides is 1. The molecule has 1 aliphatic heterocycles. The molecule has 24 heavy (non-hydrogen) atoms. The molecule has 0 bridgehead atoms. The quantitative estimate of drug-likeness (QED) is 0.499. The monoisotopic (exact) mass is 372 g/mol. The lowest BCUT2D eigenvalue weighted by Gasteiger charge is -2.26. The fourth-order valence-electron chi connectivity index (χ4n) is 2.10. The van der Waals surface area contributed by atoms with Gasteiger partial charge in [0.2, 0.25) is 10.0 Å². The van der Waals surface area contributed by atoms with Crippen molar-refractivity contribution in [3.63, 3.8) is 0 Å². The van der Waals surface area contributed by atoms with Crippen molar-refractivity contribution in [1.82, 2.24) is 20.5 Å². The van der Waals surface area contributed by atoms with Crippen LogP contribution in [0.4, 0.5) is 0 Å². The third-order valence-corrected chi connectivity index (χ3v) is 5.51. The van der Waals surface area contributed by atoms with E-state index in [1.165, 1.54) is 28.6 Å². The maximum atomic E-state index is 12.5. The van der Waals surface area contributed by atoms with Gasteiger partial charge in [0.05, 0.1) is 18.1 Å². The van der Waals surface area contributed by atoms with Crippen LogP contribution in [0.2, 0.25) is 0 Å². The lowest BCUT2D eigenvalue weighted by Crippen LogP contribution is -2.46. The predicted molar refractivity (Wildman–Crippen MR) is 92.9 cm³/mol. The Morgan fingerprint density at radius 1 is 1.21 bits per heavy atom. The van der Waals surface area contributed by atoms with E-state index in [9.17, 15) is 13.2 Å². The van der Waals surface area contributed by atoms with Crippen LogP contribution in [0.5, 0.6) is 0 Å². The second kappa shape index (κ2) is 8.38. The molecule has 0 atom stereocenters. The summed E-state index contributed by atoms with van der Waals surface area (Å²) in [7, 11) is -3.56. The summed E-state index contributed by atoms with van der Waals surface area (Å²) >= 11 is 4.93. The maximum absolute atomic E-state index is 12.5. The number of carbonyl (C=O) groups excluding carboxylic acids is 1. The van der Waals surface area contributed by atoms with Gasteiger partial charge in [-0.15, -0.1) is 0 Å². The molecular formula is C14H20N4O4S2. The highest BCUT2D eigenvalue weighted by atomic mass is 32.2. The van der Waals surface area contributed by atoms with Crippen molar-refractivity contribution in [2.24, 2.45) is 0 Å². The highest BCUT2D eigenvalue weighted by Crippen LogP contribution is 2.17. The van der Waals surface area contributed by atoms with Gasteiger partial charge in [0, 0.05) is 25.2 Å². The molecule has 2 rings (SSSR count). The van der Waals surface area contributed by atoms with E-state index in [-0.39, 0.29) is 4.90 Å². The first-order valence-electron chi connectivity index (χ1n) is 7.47. The Hall–Kier alpha value is -1.75. The number of hydrazine groups is 1. The zero-order valence-electron chi connectivity index (χ0n) is 13.2. The number of amides is 1. The predicted octanol–water partition coefficient (Wildman–Crippen LogP) is -0.164. The summed E-state index contributed by atoms with van der Waals surface area (Å²) in [5.74, 6) is -0.412. The van der Waals surface area contributed by atoms with Gasteiger partial charge in [-0.2, -0.15) is 4.31 Å². The van der Waals surface area contributed by atoms with Crippen molar-refractivity contribution in [3.05, 3.63) is 29.8 Å². The maximum Gasteiger partial charge on any atom is 0.269 e. The van der Waals surface area contributed by atoms with Gasteiger partial charge >= 0.3 is 0 Å². The Kier molecular flexibility index (Phi) is 6.49. The van der Waals surface area contributed by atoms with Gasteiger partial charge in [-0.25, -0.2) is 8.42 Å². The van der Waals surface area contributed by atoms with E-state index in [0.29, 0.717) is 43.5 Å². The number of morpholine rings is 1. The van der Waals surface area contributed by atoms with Crippen LogP contribution in [0, 0.1) is 0 Å². The topological polar surface area (TPSA) is 99.8 Å². The summed E-state index contributed by atoms with van der Waals surface area (Å²) in [4.78, 5) is 12.1. The average Bonchev–Trinajstić information content (AvgIpc) is 2.61. The fraction of sp³-hybridized carbons (Fsp3) is 0.429. The first kappa shape index (κ1) is 18.6. The third-order valence-electron chi connectivity index (χ3n) is 3.35. The van der Waals surface area contributed by atoms with Gasteiger partial charge in [-0.1, -0.05) is 0 Å². The summed E-state index contributed by atoms with van der Waals surface area (Å²) in [6, 6.07) is 5.76. The lowest BCUT2D eigenvalue weighted by molar-refractivity contribution is 0.0730.